The molecule has 3 rings (SSSR count). The molecule has 2 aromatic heterocycles. The number of thiazole rings is 1. The number of rotatable bonds is 4. The molecule has 8 heteroatoms. The number of benzene rings is 1. The second-order valence-corrected chi connectivity index (χ2v) is 5.77. The van der Waals surface area contributed by atoms with Crippen LogP contribution in [0.3, 0.4) is 0 Å². The predicted molar refractivity (Wildman–Crippen MR) is 76.8 cm³/mol. The van der Waals surface area contributed by atoms with Crippen molar-refractivity contribution in [1.82, 2.24) is 9.38 Å². The Kier molecular flexibility index (Phi) is 3.33. The molecule has 3 aromatic rings. The van der Waals surface area contributed by atoms with E-state index in [1.165, 1.54) is 27.5 Å². The summed E-state index contributed by atoms with van der Waals surface area (Å²) in [5.41, 5.74) is 0. The lowest BCUT2D eigenvalue weighted by molar-refractivity contribution is -0.393. The second kappa shape index (κ2) is 5.14. The molecule has 102 valence electrons. The fraction of sp³-hybridized carbons (Fsp3) is 0.0833. The topological polar surface area (TPSA) is 69.7 Å². The summed E-state index contributed by atoms with van der Waals surface area (Å²) in [6.07, 6.45) is 1.66. The Morgan fingerprint density at radius 2 is 2.15 bits per heavy atom. The van der Waals surface area contributed by atoms with Crippen LogP contribution in [0.15, 0.2) is 45.8 Å². The molecule has 0 fully saturated rings. The minimum Gasteiger partial charge on any atom is -0.497 e. The number of hydrogen-bond acceptors (Lipinski definition) is 6. The maximum Gasteiger partial charge on any atom is 0.363 e. The molecular weight excluding hydrogens is 298 g/mol. The lowest BCUT2D eigenvalue weighted by atomic mass is 10.3. The van der Waals surface area contributed by atoms with Crippen molar-refractivity contribution in [3.05, 3.63) is 46.0 Å². The summed E-state index contributed by atoms with van der Waals surface area (Å²) in [6.45, 7) is 0. The average molecular weight is 307 g/mol. The lowest BCUT2D eigenvalue weighted by Crippen LogP contribution is -1.93. The first kappa shape index (κ1) is 12.9. The SMILES string of the molecule is COc1ccc(Sc2nc3sccn3c2[N+](=O)[O-])cc1. The molecule has 0 spiro atoms. The van der Waals surface area contributed by atoms with E-state index in [0.717, 1.165) is 10.6 Å². The fourth-order valence-electron chi connectivity index (χ4n) is 1.74. The normalized spacial score (nSPS) is 10.8. The molecule has 0 saturated carbocycles. The largest absolute Gasteiger partial charge is 0.497 e. The molecule has 0 bridgehead atoms. The zero-order valence-electron chi connectivity index (χ0n) is 10.3. The van der Waals surface area contributed by atoms with E-state index in [0.29, 0.717) is 9.99 Å². The number of nitrogens with zero attached hydrogens (tertiary/aromatic N) is 3. The van der Waals surface area contributed by atoms with Crippen LogP contribution in [0.25, 0.3) is 4.96 Å². The number of ether oxygens (including phenoxy) is 1. The van der Waals surface area contributed by atoms with Crippen LogP contribution >= 0.6 is 23.1 Å². The zero-order valence-corrected chi connectivity index (χ0v) is 12.0. The molecular formula is C12H9N3O3S2. The molecule has 0 amide bonds. The molecule has 0 unspecified atom stereocenters. The van der Waals surface area contributed by atoms with Gasteiger partial charge in [-0.2, -0.15) is 9.38 Å². The number of methoxy groups -OCH3 is 1. The van der Waals surface area contributed by atoms with Crippen LogP contribution < -0.4 is 4.74 Å². The Hall–Kier alpha value is -2.06. The van der Waals surface area contributed by atoms with Gasteiger partial charge in [-0.3, -0.25) is 0 Å². The zero-order chi connectivity index (χ0) is 14.1. The Labute approximate surface area is 122 Å². The summed E-state index contributed by atoms with van der Waals surface area (Å²) in [5.74, 6) is 0.747. The fourth-order valence-corrected chi connectivity index (χ4v) is 3.40. The molecule has 0 aliphatic heterocycles. The maximum atomic E-state index is 11.2. The number of fused-ring (bicyclic) bond motifs is 1. The van der Waals surface area contributed by atoms with Crippen molar-refractivity contribution in [2.45, 2.75) is 9.92 Å². The van der Waals surface area contributed by atoms with Crippen LogP contribution in [-0.4, -0.2) is 21.4 Å². The van der Waals surface area contributed by atoms with E-state index < -0.39 is 4.92 Å². The van der Waals surface area contributed by atoms with E-state index in [4.69, 9.17) is 4.74 Å². The number of aromatic nitrogens is 2. The first-order chi connectivity index (χ1) is 9.69. The first-order valence-electron chi connectivity index (χ1n) is 5.61. The summed E-state index contributed by atoms with van der Waals surface area (Å²) >= 11 is 2.64. The number of nitro groups is 1. The van der Waals surface area contributed by atoms with E-state index in [2.05, 4.69) is 4.98 Å². The van der Waals surface area contributed by atoms with E-state index in [9.17, 15) is 10.1 Å². The predicted octanol–water partition coefficient (Wildman–Crippen LogP) is 3.46. The van der Waals surface area contributed by atoms with Gasteiger partial charge in [0, 0.05) is 10.3 Å². The van der Waals surface area contributed by atoms with Crippen molar-refractivity contribution in [2.75, 3.05) is 7.11 Å². The van der Waals surface area contributed by atoms with Gasteiger partial charge >= 0.3 is 5.82 Å². The monoisotopic (exact) mass is 307 g/mol. The van der Waals surface area contributed by atoms with Gasteiger partial charge in [0.2, 0.25) is 5.03 Å². The van der Waals surface area contributed by atoms with Gasteiger partial charge in [0.05, 0.1) is 7.11 Å². The highest BCUT2D eigenvalue weighted by molar-refractivity contribution is 7.99. The standard InChI is InChI=1S/C12H9N3O3S2/c1-18-8-2-4-9(5-3-8)20-10-11(15(16)17)14-6-7-19-12(14)13-10/h2-7H,1H3. The Balaban J connectivity index is 1.98. The van der Waals surface area contributed by atoms with Gasteiger partial charge in [-0.15, -0.1) is 0 Å². The van der Waals surface area contributed by atoms with Crippen LogP contribution in [0.4, 0.5) is 5.82 Å². The highest BCUT2D eigenvalue weighted by atomic mass is 32.2. The van der Waals surface area contributed by atoms with Crippen LogP contribution in [-0.2, 0) is 0 Å². The molecule has 0 saturated heterocycles. The van der Waals surface area contributed by atoms with E-state index in [-0.39, 0.29) is 5.82 Å². The van der Waals surface area contributed by atoms with Gasteiger partial charge in [-0.1, -0.05) is 23.1 Å². The smallest absolute Gasteiger partial charge is 0.363 e. The van der Waals surface area contributed by atoms with Crippen molar-refractivity contribution in [1.29, 1.82) is 0 Å². The van der Waals surface area contributed by atoms with Crippen molar-refractivity contribution in [2.24, 2.45) is 0 Å². The summed E-state index contributed by atoms with van der Waals surface area (Å²) in [5, 5.41) is 13.4. The minimum absolute atomic E-state index is 0.00191. The average Bonchev–Trinajstić information content (AvgIpc) is 2.99. The third-order valence-corrected chi connectivity index (χ3v) is 4.38. The molecule has 0 N–H and O–H groups in total. The lowest BCUT2D eigenvalue weighted by Gasteiger charge is -2.01. The third-order valence-electron chi connectivity index (χ3n) is 2.65. The number of hydrogen-bond donors (Lipinski definition) is 0. The van der Waals surface area contributed by atoms with Crippen molar-refractivity contribution < 1.29 is 9.66 Å². The van der Waals surface area contributed by atoms with Crippen LogP contribution in [0.1, 0.15) is 0 Å². The quantitative estimate of drug-likeness (QED) is 0.545. The van der Waals surface area contributed by atoms with E-state index in [1.807, 2.05) is 24.3 Å². The van der Waals surface area contributed by atoms with Gasteiger partial charge in [0.25, 0.3) is 4.96 Å². The van der Waals surface area contributed by atoms with Crippen molar-refractivity contribution >= 4 is 33.9 Å². The van der Waals surface area contributed by atoms with Crippen molar-refractivity contribution in [3.8, 4) is 5.75 Å². The summed E-state index contributed by atoms with van der Waals surface area (Å²) in [7, 11) is 1.59. The maximum absolute atomic E-state index is 11.2. The van der Waals surface area contributed by atoms with E-state index >= 15 is 0 Å². The van der Waals surface area contributed by atoms with Crippen molar-refractivity contribution in [3.63, 3.8) is 0 Å². The summed E-state index contributed by atoms with van der Waals surface area (Å²) < 4.78 is 6.58. The van der Waals surface area contributed by atoms with Gasteiger partial charge in [0.15, 0.2) is 0 Å². The Bertz CT molecular complexity index is 764. The highest BCUT2D eigenvalue weighted by Crippen LogP contribution is 2.36. The molecule has 1 aromatic carbocycles. The second-order valence-electron chi connectivity index (χ2n) is 3.83. The Morgan fingerprint density at radius 3 is 2.80 bits per heavy atom. The highest BCUT2D eigenvalue weighted by Gasteiger charge is 2.24. The molecule has 0 aliphatic rings. The van der Waals surface area contributed by atoms with Gasteiger partial charge in [-0.05, 0) is 29.2 Å². The van der Waals surface area contributed by atoms with Gasteiger partial charge in [0.1, 0.15) is 11.9 Å². The van der Waals surface area contributed by atoms with Crippen LogP contribution in [0, 0.1) is 10.1 Å². The van der Waals surface area contributed by atoms with Gasteiger partial charge < -0.3 is 14.9 Å². The Morgan fingerprint density at radius 1 is 1.40 bits per heavy atom. The minimum atomic E-state index is -0.404. The molecule has 6 nitrogen and oxygen atoms in total. The van der Waals surface area contributed by atoms with Gasteiger partial charge in [-0.25, -0.2) is 0 Å². The molecule has 0 aliphatic carbocycles. The number of imidazole rings is 1. The molecule has 0 atom stereocenters. The molecule has 0 radical (unpaired) electrons. The van der Waals surface area contributed by atoms with Crippen LogP contribution in [0.2, 0.25) is 0 Å². The first-order valence-corrected chi connectivity index (χ1v) is 7.30. The molecule has 2 heterocycles. The van der Waals surface area contributed by atoms with E-state index in [1.54, 1.807) is 18.7 Å². The summed E-state index contributed by atoms with van der Waals surface area (Å²) in [6, 6.07) is 7.32. The summed E-state index contributed by atoms with van der Waals surface area (Å²) in [4.78, 5) is 16.6. The third kappa shape index (κ3) is 2.23. The molecule has 20 heavy (non-hydrogen) atoms. The van der Waals surface area contributed by atoms with Crippen LogP contribution in [0.5, 0.6) is 5.75 Å².